The molecule has 0 bridgehead atoms. The number of sulfonamides is 1. The van der Waals surface area contributed by atoms with Crippen LogP contribution < -0.4 is 10.0 Å². The molecular weight excluding hydrogens is 393 g/mol. The number of H-pyrrole nitrogens is 1. The van der Waals surface area contributed by atoms with Gasteiger partial charge in [0.25, 0.3) is 0 Å². The van der Waals surface area contributed by atoms with E-state index in [4.69, 9.17) is 0 Å². The molecule has 0 amide bonds. The molecule has 1 heterocycles. The van der Waals surface area contributed by atoms with Crippen molar-refractivity contribution in [3.8, 4) is 11.3 Å². The van der Waals surface area contributed by atoms with Gasteiger partial charge in [-0.15, -0.1) is 0 Å². The largest absolute Gasteiger partial charge is 0.349 e. The van der Waals surface area contributed by atoms with E-state index in [1.807, 2.05) is 0 Å². The maximum absolute atomic E-state index is 14.5. The molecular formula is C18H15F3N4O2S. The average molecular weight is 408 g/mol. The summed E-state index contributed by atoms with van der Waals surface area (Å²) in [4.78, 5) is 0. The fourth-order valence-electron chi connectivity index (χ4n) is 2.71. The molecule has 0 spiro atoms. The summed E-state index contributed by atoms with van der Waals surface area (Å²) in [5, 5.41) is 8.38. The van der Waals surface area contributed by atoms with Crippen LogP contribution in [0.15, 0.2) is 42.6 Å². The highest BCUT2D eigenvalue weighted by molar-refractivity contribution is 7.93. The van der Waals surface area contributed by atoms with Crippen molar-refractivity contribution in [1.82, 2.24) is 10.2 Å². The quantitative estimate of drug-likeness (QED) is 0.572. The first-order valence-corrected chi connectivity index (χ1v) is 9.96. The van der Waals surface area contributed by atoms with Gasteiger partial charge in [0.1, 0.15) is 11.5 Å². The van der Waals surface area contributed by atoms with Crippen LogP contribution in [0.25, 0.3) is 11.3 Å². The number of rotatable bonds is 6. The van der Waals surface area contributed by atoms with E-state index in [1.54, 1.807) is 12.1 Å². The summed E-state index contributed by atoms with van der Waals surface area (Å²) in [6.07, 6.45) is 2.52. The number of aromatic nitrogens is 2. The Hall–Kier alpha value is -3.01. The molecule has 0 aliphatic heterocycles. The van der Waals surface area contributed by atoms with Gasteiger partial charge in [-0.05, 0) is 43.2 Å². The molecule has 28 heavy (non-hydrogen) atoms. The van der Waals surface area contributed by atoms with Crippen LogP contribution in [0.2, 0.25) is 0 Å². The lowest BCUT2D eigenvalue weighted by molar-refractivity contribution is 0.512. The maximum Gasteiger partial charge on any atom is 0.235 e. The zero-order chi connectivity index (χ0) is 19.9. The third-order valence-electron chi connectivity index (χ3n) is 4.35. The molecule has 1 aliphatic rings. The van der Waals surface area contributed by atoms with Gasteiger partial charge < -0.3 is 5.32 Å². The monoisotopic (exact) mass is 408 g/mol. The number of nitrogens with one attached hydrogen (secondary N) is 3. The summed E-state index contributed by atoms with van der Waals surface area (Å²) < 4.78 is 69.2. The van der Waals surface area contributed by atoms with Crippen LogP contribution >= 0.6 is 0 Å². The predicted octanol–water partition coefficient (Wildman–Crippen LogP) is 4.14. The number of halogens is 3. The van der Waals surface area contributed by atoms with E-state index in [0.717, 1.165) is 12.1 Å². The molecule has 0 radical (unpaired) electrons. The highest BCUT2D eigenvalue weighted by Gasteiger charge is 2.36. The first-order chi connectivity index (χ1) is 13.3. The van der Waals surface area contributed by atoms with E-state index in [-0.39, 0.29) is 11.4 Å². The normalized spacial score (nSPS) is 14.1. The van der Waals surface area contributed by atoms with Crippen LogP contribution in [0, 0.1) is 17.5 Å². The Labute approximate surface area is 158 Å². The van der Waals surface area contributed by atoms with Gasteiger partial charge in [0.05, 0.1) is 22.3 Å². The number of benzene rings is 2. The van der Waals surface area contributed by atoms with Crippen molar-refractivity contribution < 1.29 is 21.6 Å². The van der Waals surface area contributed by atoms with E-state index in [2.05, 4.69) is 20.2 Å². The minimum absolute atomic E-state index is 0.139. The van der Waals surface area contributed by atoms with Gasteiger partial charge in [-0.1, -0.05) is 6.07 Å². The molecule has 0 saturated heterocycles. The van der Waals surface area contributed by atoms with E-state index >= 15 is 0 Å². The molecule has 2 aromatic carbocycles. The van der Waals surface area contributed by atoms with Crippen LogP contribution in [-0.2, 0) is 10.0 Å². The molecule has 10 heteroatoms. The number of hydrogen-bond acceptors (Lipinski definition) is 4. The number of nitrogens with zero attached hydrogens (tertiary/aromatic N) is 1. The molecule has 3 aromatic rings. The second kappa shape index (κ2) is 6.86. The Bertz CT molecular complexity index is 1130. The second-order valence-electron chi connectivity index (χ2n) is 6.42. The van der Waals surface area contributed by atoms with E-state index < -0.39 is 38.4 Å². The van der Waals surface area contributed by atoms with Crippen molar-refractivity contribution in [2.24, 2.45) is 0 Å². The van der Waals surface area contributed by atoms with Crippen molar-refractivity contribution >= 4 is 27.1 Å². The van der Waals surface area contributed by atoms with E-state index in [0.29, 0.717) is 24.1 Å². The Morgan fingerprint density at radius 3 is 2.39 bits per heavy atom. The summed E-state index contributed by atoms with van der Waals surface area (Å²) in [6.45, 7) is 0. The van der Waals surface area contributed by atoms with Gasteiger partial charge in [0.15, 0.2) is 11.6 Å². The van der Waals surface area contributed by atoms with Crippen molar-refractivity contribution in [3.05, 3.63) is 60.0 Å². The molecule has 1 saturated carbocycles. The molecule has 1 aliphatic carbocycles. The van der Waals surface area contributed by atoms with Gasteiger partial charge in [-0.25, -0.2) is 21.6 Å². The minimum Gasteiger partial charge on any atom is -0.349 e. The molecule has 6 nitrogen and oxygen atoms in total. The summed E-state index contributed by atoms with van der Waals surface area (Å²) in [5.74, 6) is -3.23. The minimum atomic E-state index is -3.71. The lowest BCUT2D eigenvalue weighted by Crippen LogP contribution is -2.18. The van der Waals surface area contributed by atoms with Gasteiger partial charge in [-0.2, -0.15) is 5.10 Å². The van der Waals surface area contributed by atoms with Gasteiger partial charge in [-0.3, -0.25) is 9.82 Å². The molecule has 146 valence electrons. The van der Waals surface area contributed by atoms with Crippen LogP contribution in [0.1, 0.15) is 12.8 Å². The second-order valence-corrected chi connectivity index (χ2v) is 8.38. The summed E-state index contributed by atoms with van der Waals surface area (Å²) >= 11 is 0. The molecule has 4 rings (SSSR count). The van der Waals surface area contributed by atoms with Crippen molar-refractivity contribution in [3.63, 3.8) is 0 Å². The summed E-state index contributed by atoms with van der Waals surface area (Å²) in [6, 6.07) is 7.65. The first kappa shape index (κ1) is 18.4. The molecule has 1 aromatic heterocycles. The highest BCUT2D eigenvalue weighted by atomic mass is 32.2. The third-order valence-corrected chi connectivity index (χ3v) is 6.20. The maximum atomic E-state index is 14.5. The zero-order valence-corrected chi connectivity index (χ0v) is 15.2. The van der Waals surface area contributed by atoms with Gasteiger partial charge in [0.2, 0.25) is 10.0 Å². The van der Waals surface area contributed by atoms with Crippen molar-refractivity contribution in [2.45, 2.75) is 18.1 Å². The number of hydrogen-bond donors (Lipinski definition) is 3. The molecule has 1 fully saturated rings. The van der Waals surface area contributed by atoms with Gasteiger partial charge in [0, 0.05) is 11.8 Å². The Morgan fingerprint density at radius 1 is 1.00 bits per heavy atom. The number of anilines is 3. The zero-order valence-electron chi connectivity index (χ0n) is 14.3. The number of aromatic amines is 1. The van der Waals surface area contributed by atoms with Crippen molar-refractivity contribution in [1.29, 1.82) is 0 Å². The summed E-state index contributed by atoms with van der Waals surface area (Å²) in [7, 11) is -3.71. The van der Waals surface area contributed by atoms with Crippen molar-refractivity contribution in [2.75, 3.05) is 10.0 Å². The topological polar surface area (TPSA) is 86.9 Å². The Kier molecular flexibility index (Phi) is 4.50. The lowest BCUT2D eigenvalue weighted by Gasteiger charge is -2.16. The standard InChI is InChI=1S/C18H15F3N4O2S/c19-12-4-6-16(25-28(26,27)11-2-3-11)18(17(12)21)23-15-5-1-10(9-13(15)20)14-7-8-22-24-14/h1,4-9,11,23,25H,2-3H2,(H,22,24). The fourth-order valence-corrected chi connectivity index (χ4v) is 4.11. The molecule has 0 atom stereocenters. The van der Waals surface area contributed by atoms with Gasteiger partial charge >= 0.3 is 0 Å². The summed E-state index contributed by atoms with van der Waals surface area (Å²) in [5.41, 5.74) is 0.273. The van der Waals surface area contributed by atoms with E-state index in [1.165, 1.54) is 18.3 Å². The SMILES string of the molecule is O=S(=O)(Nc1ccc(F)c(F)c1Nc1ccc(-c2ccn[nH]2)cc1F)C1CC1. The average Bonchev–Trinajstić information content (AvgIpc) is 3.39. The highest BCUT2D eigenvalue weighted by Crippen LogP contribution is 2.36. The molecule has 3 N–H and O–H groups in total. The van der Waals surface area contributed by atoms with Crippen LogP contribution in [-0.4, -0.2) is 23.9 Å². The molecule has 0 unspecified atom stereocenters. The fraction of sp³-hybridized carbons (Fsp3) is 0.167. The van der Waals surface area contributed by atoms with Crippen LogP contribution in [0.4, 0.5) is 30.2 Å². The third kappa shape index (κ3) is 3.55. The van der Waals surface area contributed by atoms with Crippen LogP contribution in [0.5, 0.6) is 0 Å². The Morgan fingerprint density at radius 2 is 1.75 bits per heavy atom. The first-order valence-electron chi connectivity index (χ1n) is 8.41. The van der Waals surface area contributed by atoms with Crippen LogP contribution in [0.3, 0.4) is 0 Å². The van der Waals surface area contributed by atoms with E-state index in [9.17, 15) is 21.6 Å². The smallest absolute Gasteiger partial charge is 0.235 e. The lowest BCUT2D eigenvalue weighted by atomic mass is 10.1. The predicted molar refractivity (Wildman–Crippen MR) is 99.2 cm³/mol. The Balaban J connectivity index is 1.68.